The van der Waals surface area contributed by atoms with Crippen LogP contribution in [0, 0.1) is 0 Å². The molecule has 0 unspecified atom stereocenters. The Morgan fingerprint density at radius 3 is 2.75 bits per heavy atom. The second kappa shape index (κ2) is 7.69. The number of urea groups is 1. The summed E-state index contributed by atoms with van der Waals surface area (Å²) < 4.78 is 10.8. The van der Waals surface area contributed by atoms with Crippen LogP contribution in [0.1, 0.15) is 0 Å². The molecule has 0 radical (unpaired) electrons. The molecule has 7 nitrogen and oxygen atoms in total. The summed E-state index contributed by atoms with van der Waals surface area (Å²) in [5.74, 6) is 0.901. The number of fused-ring (bicyclic) bond motifs is 1. The maximum absolute atomic E-state index is 11.9. The molecule has 2 aromatic rings. The third kappa shape index (κ3) is 4.39. The van der Waals surface area contributed by atoms with E-state index < -0.39 is 11.9 Å². The highest BCUT2D eigenvalue weighted by molar-refractivity contribution is 7.99. The number of ether oxygens (including phenoxy) is 2. The van der Waals surface area contributed by atoms with Gasteiger partial charge in [0.1, 0.15) is 13.2 Å². The number of thioether (sulfide) groups is 1. The van der Waals surface area contributed by atoms with Gasteiger partial charge < -0.3 is 14.8 Å². The van der Waals surface area contributed by atoms with E-state index in [0.29, 0.717) is 30.4 Å². The lowest BCUT2D eigenvalue weighted by atomic mass is 10.2. The molecule has 0 bridgehead atoms. The molecule has 1 aliphatic rings. The van der Waals surface area contributed by atoms with Gasteiger partial charge in [-0.05, 0) is 24.3 Å². The number of hydrogen-bond acceptors (Lipinski definition) is 6. The molecule has 3 amide bonds. The number of carbonyl (C=O) groups is 2. The number of amides is 3. The van der Waals surface area contributed by atoms with E-state index in [1.807, 2.05) is 6.07 Å². The summed E-state index contributed by atoms with van der Waals surface area (Å²) in [5, 5.41) is 5.58. The van der Waals surface area contributed by atoms with Gasteiger partial charge in [0.2, 0.25) is 5.91 Å². The normalized spacial score (nSPS) is 12.3. The Kier molecular flexibility index (Phi) is 5.17. The van der Waals surface area contributed by atoms with Crippen molar-refractivity contribution in [3.05, 3.63) is 42.6 Å². The molecule has 8 heteroatoms. The van der Waals surface area contributed by atoms with E-state index in [4.69, 9.17) is 9.47 Å². The molecule has 1 aliphatic heterocycles. The molecule has 124 valence electrons. The summed E-state index contributed by atoms with van der Waals surface area (Å²) >= 11 is 1.26. The number of anilines is 1. The lowest BCUT2D eigenvalue weighted by molar-refractivity contribution is -0.117. The van der Waals surface area contributed by atoms with Crippen molar-refractivity contribution in [3.63, 3.8) is 0 Å². The fourth-order valence-corrected chi connectivity index (χ4v) is 2.68. The number of benzene rings is 1. The minimum absolute atomic E-state index is 0.103. The average Bonchev–Trinajstić information content (AvgIpc) is 2.60. The zero-order valence-corrected chi connectivity index (χ0v) is 13.5. The number of pyridine rings is 1. The maximum atomic E-state index is 11.9. The first-order valence-corrected chi connectivity index (χ1v) is 8.23. The molecule has 1 aromatic heterocycles. The minimum Gasteiger partial charge on any atom is -0.486 e. The summed E-state index contributed by atoms with van der Waals surface area (Å²) in [5.41, 5.74) is 0.516. The quantitative estimate of drug-likeness (QED) is 0.827. The number of aromatic nitrogens is 1. The van der Waals surface area contributed by atoms with Crippen molar-refractivity contribution in [2.75, 3.05) is 24.3 Å². The molecule has 0 aliphatic carbocycles. The largest absolute Gasteiger partial charge is 0.486 e. The molecule has 0 saturated heterocycles. The third-order valence-electron chi connectivity index (χ3n) is 3.04. The molecular formula is C16H15N3O4S. The average molecular weight is 345 g/mol. The van der Waals surface area contributed by atoms with E-state index in [2.05, 4.69) is 15.6 Å². The Labute approximate surface area is 142 Å². The highest BCUT2D eigenvalue weighted by Gasteiger charge is 2.14. The van der Waals surface area contributed by atoms with Gasteiger partial charge in [-0.25, -0.2) is 9.78 Å². The number of nitrogens with zero attached hydrogens (tertiary/aromatic N) is 1. The number of hydrogen-bond donors (Lipinski definition) is 2. The Morgan fingerprint density at radius 2 is 1.96 bits per heavy atom. The van der Waals surface area contributed by atoms with Crippen molar-refractivity contribution in [2.45, 2.75) is 5.03 Å². The van der Waals surface area contributed by atoms with Gasteiger partial charge in [0.15, 0.2) is 11.5 Å². The number of imide groups is 1. The molecule has 2 heterocycles. The second-order valence-corrected chi connectivity index (χ2v) is 5.81. The van der Waals surface area contributed by atoms with Crippen LogP contribution in [-0.2, 0) is 4.79 Å². The van der Waals surface area contributed by atoms with Crippen molar-refractivity contribution in [3.8, 4) is 11.5 Å². The lowest BCUT2D eigenvalue weighted by Crippen LogP contribution is -2.35. The van der Waals surface area contributed by atoms with E-state index in [9.17, 15) is 9.59 Å². The zero-order valence-electron chi connectivity index (χ0n) is 12.7. The van der Waals surface area contributed by atoms with Crippen LogP contribution in [0.15, 0.2) is 47.6 Å². The van der Waals surface area contributed by atoms with Crippen molar-refractivity contribution in [2.24, 2.45) is 0 Å². The predicted molar refractivity (Wildman–Crippen MR) is 89.6 cm³/mol. The van der Waals surface area contributed by atoms with Crippen LogP contribution in [-0.4, -0.2) is 35.9 Å². The molecule has 24 heavy (non-hydrogen) atoms. The van der Waals surface area contributed by atoms with Gasteiger partial charge in [0.25, 0.3) is 0 Å². The first kappa shape index (κ1) is 16.1. The van der Waals surface area contributed by atoms with E-state index in [0.717, 1.165) is 5.03 Å². The number of nitrogens with one attached hydrogen (secondary N) is 2. The minimum atomic E-state index is -0.599. The van der Waals surface area contributed by atoms with Gasteiger partial charge in [-0.2, -0.15) is 0 Å². The van der Waals surface area contributed by atoms with Gasteiger partial charge in [0, 0.05) is 18.0 Å². The predicted octanol–water partition coefficient (Wildman–Crippen LogP) is 2.29. The van der Waals surface area contributed by atoms with E-state index in [1.54, 1.807) is 36.5 Å². The van der Waals surface area contributed by atoms with Crippen LogP contribution in [0.5, 0.6) is 11.5 Å². The van der Waals surface area contributed by atoms with Crippen molar-refractivity contribution >= 4 is 29.4 Å². The first-order valence-electron chi connectivity index (χ1n) is 7.25. The standard InChI is InChI=1S/C16H15N3O4S/c20-14(10-24-15-3-1-2-6-17-15)19-16(21)18-11-4-5-12-13(9-11)23-8-7-22-12/h1-6,9H,7-8,10H2,(H2,18,19,20,21). The van der Waals surface area contributed by atoms with Gasteiger partial charge in [0.05, 0.1) is 10.8 Å². The maximum Gasteiger partial charge on any atom is 0.325 e. The van der Waals surface area contributed by atoms with Crippen molar-refractivity contribution in [1.29, 1.82) is 0 Å². The highest BCUT2D eigenvalue weighted by Crippen LogP contribution is 2.32. The van der Waals surface area contributed by atoms with Gasteiger partial charge in [-0.3, -0.25) is 10.1 Å². The summed E-state index contributed by atoms with van der Waals surface area (Å²) in [4.78, 5) is 27.7. The fourth-order valence-electron chi connectivity index (χ4n) is 2.02. The molecular weight excluding hydrogens is 330 g/mol. The molecule has 0 atom stereocenters. The van der Waals surface area contributed by atoms with Crippen LogP contribution in [0.25, 0.3) is 0 Å². The monoisotopic (exact) mass is 345 g/mol. The summed E-state index contributed by atoms with van der Waals surface area (Å²) in [6.45, 7) is 0.967. The first-order chi connectivity index (χ1) is 11.7. The third-order valence-corrected chi connectivity index (χ3v) is 3.99. The molecule has 0 fully saturated rings. The van der Waals surface area contributed by atoms with Crippen LogP contribution < -0.4 is 20.1 Å². The summed E-state index contributed by atoms with van der Waals surface area (Å²) in [6.07, 6.45) is 1.65. The molecule has 0 saturated carbocycles. The summed E-state index contributed by atoms with van der Waals surface area (Å²) in [6, 6.07) is 9.88. The van der Waals surface area contributed by atoms with Crippen LogP contribution in [0.3, 0.4) is 0 Å². The van der Waals surface area contributed by atoms with E-state index in [1.165, 1.54) is 11.8 Å². The van der Waals surface area contributed by atoms with Crippen LogP contribution in [0.4, 0.5) is 10.5 Å². The second-order valence-electron chi connectivity index (χ2n) is 4.82. The van der Waals surface area contributed by atoms with Gasteiger partial charge >= 0.3 is 6.03 Å². The Hall–Kier alpha value is -2.74. The van der Waals surface area contributed by atoms with Crippen LogP contribution >= 0.6 is 11.8 Å². The highest BCUT2D eigenvalue weighted by atomic mass is 32.2. The van der Waals surface area contributed by atoms with Crippen molar-refractivity contribution in [1.82, 2.24) is 10.3 Å². The van der Waals surface area contributed by atoms with Gasteiger partial charge in [-0.15, -0.1) is 0 Å². The molecule has 0 spiro atoms. The Bertz CT molecular complexity index is 739. The zero-order chi connectivity index (χ0) is 16.8. The SMILES string of the molecule is O=C(CSc1ccccn1)NC(=O)Nc1ccc2c(c1)OCCO2. The Balaban J connectivity index is 1.49. The van der Waals surface area contributed by atoms with Crippen molar-refractivity contribution < 1.29 is 19.1 Å². The topological polar surface area (TPSA) is 89.6 Å². The number of carbonyl (C=O) groups excluding carboxylic acids is 2. The Morgan fingerprint density at radius 1 is 1.12 bits per heavy atom. The summed E-state index contributed by atoms with van der Waals surface area (Å²) in [7, 11) is 0. The smallest absolute Gasteiger partial charge is 0.325 e. The van der Waals surface area contributed by atoms with E-state index >= 15 is 0 Å². The van der Waals surface area contributed by atoms with Crippen LogP contribution in [0.2, 0.25) is 0 Å². The van der Waals surface area contributed by atoms with Gasteiger partial charge in [-0.1, -0.05) is 17.8 Å². The molecule has 3 rings (SSSR count). The molecule has 1 aromatic carbocycles. The lowest BCUT2D eigenvalue weighted by Gasteiger charge is -2.19. The molecule has 2 N–H and O–H groups in total. The fraction of sp³-hybridized carbons (Fsp3) is 0.188. The van der Waals surface area contributed by atoms with E-state index in [-0.39, 0.29) is 5.75 Å². The number of rotatable bonds is 4.